The molecule has 0 unspecified atom stereocenters. The Kier molecular flexibility index (Phi) is 118. The molecule has 0 aromatic heterocycles. The van der Waals surface area contributed by atoms with Crippen LogP contribution in [0.1, 0.15) is 0 Å². The van der Waals surface area contributed by atoms with Crippen LogP contribution >= 0.6 is 62.2 Å². The summed E-state index contributed by atoms with van der Waals surface area (Å²) in [7, 11) is -4.67. The number of rotatable bonds is 0. The summed E-state index contributed by atoms with van der Waals surface area (Å²) in [5, 5.41) is 0. The normalized spacial score (nSPS) is 5.43. The van der Waals surface area contributed by atoms with Crippen molar-refractivity contribution in [2.75, 3.05) is 0 Å². The Morgan fingerprint density at radius 1 is 0.929 bits per heavy atom. The van der Waals surface area contributed by atoms with Gasteiger partial charge in [-0.3, -0.25) is 9.11 Å². The van der Waals surface area contributed by atoms with Gasteiger partial charge in [-0.15, -0.1) is 34.0 Å². The second-order valence-electron chi connectivity index (χ2n) is 0.516. The van der Waals surface area contributed by atoms with Crippen LogP contribution in [-0.2, 0) is 22.0 Å². The second-order valence-corrected chi connectivity index (χ2v) is 1.55. The molecule has 96 valence electrons. The predicted molar refractivity (Wildman–Crippen MR) is 68.8 cm³/mol. The summed E-state index contributed by atoms with van der Waals surface area (Å²) in [4.78, 5) is 0. The van der Waals surface area contributed by atoms with Crippen LogP contribution in [0.5, 0.6) is 0 Å². The molecule has 8 nitrogen and oxygen atoms in total. The van der Waals surface area contributed by atoms with Gasteiger partial charge in [0, 0.05) is 28.3 Å². The van der Waals surface area contributed by atoms with E-state index in [1.165, 1.54) is 0 Å². The SMILES string of the molecule is Br.Br.BrBr.O.O.O=S(=O)(O)O.O=S=O. The Balaban J connectivity index is -0.00000000993. The lowest BCUT2D eigenvalue weighted by Crippen LogP contribution is -1.89. The molecule has 0 aromatic rings. The first-order valence-corrected chi connectivity index (χ1v) is 6.95. The van der Waals surface area contributed by atoms with Crippen molar-refractivity contribution < 1.29 is 36.9 Å². The molecule has 14 heteroatoms. The molecule has 0 rings (SSSR count). The third-order valence-electron chi connectivity index (χ3n) is 0. The number of hydrogen-bond donors (Lipinski definition) is 2. The molecule has 0 amide bonds. The monoisotopic (exact) mass is 516 g/mol. The smallest absolute Gasteiger partial charge is 0.394 e. The van der Waals surface area contributed by atoms with Crippen molar-refractivity contribution >= 4 is 84.2 Å². The molecular formula is H8Br4O8S2. The first-order chi connectivity index (χ1) is 4.41. The Bertz CT molecular complexity index is 160. The average Bonchev–Trinajstić information content (AvgIpc) is 1.68. The maximum atomic E-state index is 8.74. The zero-order valence-electron chi connectivity index (χ0n) is 5.92. The van der Waals surface area contributed by atoms with Crippen LogP contribution in [0.4, 0.5) is 0 Å². The van der Waals surface area contributed by atoms with Crippen LogP contribution in [0.25, 0.3) is 0 Å². The molecule has 0 saturated heterocycles. The van der Waals surface area contributed by atoms with E-state index >= 15 is 0 Å². The van der Waals surface area contributed by atoms with E-state index in [2.05, 4.69) is 28.3 Å². The predicted octanol–water partition coefficient (Wildman–Crippen LogP) is -0.125. The van der Waals surface area contributed by atoms with Crippen molar-refractivity contribution in [3.05, 3.63) is 0 Å². The van der Waals surface area contributed by atoms with Crippen molar-refractivity contribution in [2.45, 2.75) is 0 Å². The van der Waals surface area contributed by atoms with E-state index in [0.717, 1.165) is 0 Å². The van der Waals surface area contributed by atoms with Crippen molar-refractivity contribution in [3.63, 3.8) is 0 Å². The van der Waals surface area contributed by atoms with Crippen LogP contribution in [0.2, 0.25) is 0 Å². The van der Waals surface area contributed by atoms with Crippen LogP contribution in [-0.4, -0.2) is 36.9 Å². The zero-order chi connectivity index (χ0) is 9.21. The van der Waals surface area contributed by atoms with Crippen molar-refractivity contribution in [3.8, 4) is 0 Å². The Morgan fingerprint density at radius 3 is 0.929 bits per heavy atom. The van der Waals surface area contributed by atoms with Gasteiger partial charge in [0.2, 0.25) is 0 Å². The summed E-state index contributed by atoms with van der Waals surface area (Å²) in [5.41, 5.74) is 0. The highest BCUT2D eigenvalue weighted by Gasteiger charge is 1.84. The van der Waals surface area contributed by atoms with Gasteiger partial charge in [0.25, 0.3) is 0 Å². The van der Waals surface area contributed by atoms with E-state index in [4.69, 9.17) is 25.9 Å². The minimum absolute atomic E-state index is 0. The standard InChI is InChI=1S/Br2.2BrH.H2O4S.O2S.2H2O/c1-2;;;1-5(2,3)4;1-3-2;;/h;2*1H;(H2,1,2,3,4);;2*1H2. The third kappa shape index (κ3) is 907. The third-order valence-corrected chi connectivity index (χ3v) is 0. The summed E-state index contributed by atoms with van der Waals surface area (Å²) in [6.07, 6.45) is 0. The maximum absolute atomic E-state index is 8.74. The molecule has 0 spiro atoms. The van der Waals surface area contributed by atoms with Gasteiger partial charge < -0.3 is 11.0 Å². The molecule has 0 aromatic carbocycles. The van der Waals surface area contributed by atoms with E-state index in [9.17, 15) is 0 Å². The molecule has 0 aliphatic rings. The lowest BCUT2D eigenvalue weighted by Gasteiger charge is -1.68. The fourth-order valence-corrected chi connectivity index (χ4v) is 0. The first-order valence-electron chi connectivity index (χ1n) is 1.17. The topological polar surface area (TPSA) is 172 Å². The summed E-state index contributed by atoms with van der Waals surface area (Å²) in [5.74, 6) is 0. The van der Waals surface area contributed by atoms with E-state index in [-0.39, 0.29) is 44.9 Å². The van der Waals surface area contributed by atoms with Gasteiger partial charge in [0.05, 0.1) is 0 Å². The Labute approximate surface area is 120 Å². The molecular weight excluding hydrogens is 512 g/mol. The molecule has 0 aliphatic heterocycles. The summed E-state index contributed by atoms with van der Waals surface area (Å²) >= 11 is 4.75. The summed E-state index contributed by atoms with van der Waals surface area (Å²) in [6.45, 7) is 0. The summed E-state index contributed by atoms with van der Waals surface area (Å²) < 4.78 is 48.2. The van der Waals surface area contributed by atoms with E-state index in [1.54, 1.807) is 0 Å². The van der Waals surface area contributed by atoms with E-state index < -0.39 is 22.0 Å². The van der Waals surface area contributed by atoms with Gasteiger partial charge in [-0.05, 0) is 0 Å². The largest absolute Gasteiger partial charge is 0.412 e. The highest BCUT2D eigenvalue weighted by Crippen LogP contribution is 1.85. The van der Waals surface area contributed by atoms with E-state index in [0.29, 0.717) is 0 Å². The van der Waals surface area contributed by atoms with Gasteiger partial charge >= 0.3 is 22.0 Å². The zero-order valence-corrected chi connectivity index (χ0v) is 14.1. The first kappa shape index (κ1) is 45.1. The van der Waals surface area contributed by atoms with Crippen molar-refractivity contribution in [1.82, 2.24) is 0 Å². The molecule has 0 heterocycles. The second kappa shape index (κ2) is 36.6. The maximum Gasteiger partial charge on any atom is 0.394 e. The van der Waals surface area contributed by atoms with Gasteiger partial charge in [0.1, 0.15) is 0 Å². The average molecular weight is 520 g/mol. The minimum atomic E-state index is -4.67. The lowest BCUT2D eigenvalue weighted by atomic mass is 15.8. The quantitative estimate of drug-likeness (QED) is 0.422. The van der Waals surface area contributed by atoms with Gasteiger partial charge in [-0.25, -0.2) is 0 Å². The van der Waals surface area contributed by atoms with E-state index in [1.807, 2.05) is 0 Å². The Morgan fingerprint density at radius 2 is 0.929 bits per heavy atom. The number of hydrogen-bond acceptors (Lipinski definition) is 4. The number of halogens is 4. The molecule has 0 fully saturated rings. The highest BCUT2D eigenvalue weighted by atomic mass is 80.9. The fraction of sp³-hybridized carbons (Fsp3) is 0. The van der Waals surface area contributed by atoms with Gasteiger partial charge in [-0.2, -0.15) is 16.8 Å². The molecule has 0 aliphatic carbocycles. The van der Waals surface area contributed by atoms with Crippen molar-refractivity contribution in [2.24, 2.45) is 0 Å². The van der Waals surface area contributed by atoms with Crippen molar-refractivity contribution in [1.29, 1.82) is 0 Å². The molecule has 0 saturated carbocycles. The minimum Gasteiger partial charge on any atom is -0.412 e. The molecule has 0 bridgehead atoms. The van der Waals surface area contributed by atoms with Crippen LogP contribution in [0, 0.1) is 0 Å². The Hall–Kier alpha value is 1.53. The fourth-order valence-electron chi connectivity index (χ4n) is 0. The van der Waals surface area contributed by atoms with Crippen LogP contribution in [0.15, 0.2) is 0 Å². The van der Waals surface area contributed by atoms with Crippen LogP contribution < -0.4 is 0 Å². The van der Waals surface area contributed by atoms with Gasteiger partial charge in [0.15, 0.2) is 0 Å². The van der Waals surface area contributed by atoms with Gasteiger partial charge in [-0.1, -0.05) is 0 Å². The molecule has 0 radical (unpaired) electrons. The highest BCUT2D eigenvalue weighted by molar-refractivity contribution is 9.93. The molecule has 14 heavy (non-hydrogen) atoms. The molecule has 6 N–H and O–H groups in total. The molecule has 0 atom stereocenters. The lowest BCUT2D eigenvalue weighted by molar-refractivity contribution is 0.381. The van der Waals surface area contributed by atoms with Crippen LogP contribution in [0.3, 0.4) is 0 Å². The summed E-state index contributed by atoms with van der Waals surface area (Å²) in [6, 6.07) is 0.